The standard InChI is InChI=1S/C25H22FNO/c1-15-20-8-4-6-10-22(20)28-25(23(15)17-11-13-18(26)14-12-17)24-16(2)19-7-3-5-9-21(19)27-24/h3-15,23,25,27H,1-2H3/t15-,23+,25-/m1/s1. The summed E-state index contributed by atoms with van der Waals surface area (Å²) < 4.78 is 20.1. The largest absolute Gasteiger partial charge is 0.483 e. The summed E-state index contributed by atoms with van der Waals surface area (Å²) in [5.74, 6) is 1.04. The molecule has 0 radical (unpaired) electrons. The molecule has 0 unspecified atom stereocenters. The van der Waals surface area contributed by atoms with Crippen molar-refractivity contribution in [2.45, 2.75) is 31.8 Å². The van der Waals surface area contributed by atoms with Crippen molar-refractivity contribution in [3.05, 3.63) is 101 Å². The molecule has 4 aromatic rings. The van der Waals surface area contributed by atoms with Gasteiger partial charge in [-0.1, -0.05) is 55.5 Å². The molecule has 5 rings (SSSR count). The highest BCUT2D eigenvalue weighted by Gasteiger charge is 2.39. The zero-order valence-electron chi connectivity index (χ0n) is 15.9. The van der Waals surface area contributed by atoms with E-state index in [1.165, 1.54) is 28.6 Å². The van der Waals surface area contributed by atoms with Crippen molar-refractivity contribution in [2.75, 3.05) is 0 Å². The van der Waals surface area contributed by atoms with Crippen LogP contribution in [0.3, 0.4) is 0 Å². The molecule has 1 aliphatic rings. The lowest BCUT2D eigenvalue weighted by molar-refractivity contribution is 0.132. The van der Waals surface area contributed by atoms with Crippen LogP contribution in [0, 0.1) is 12.7 Å². The second-order valence-electron chi connectivity index (χ2n) is 7.65. The molecule has 0 saturated carbocycles. The second kappa shape index (κ2) is 6.52. The molecular formula is C25H22FNO. The number of para-hydroxylation sites is 2. The quantitative estimate of drug-likeness (QED) is 0.420. The Morgan fingerprint density at radius 3 is 2.39 bits per heavy atom. The molecular weight excluding hydrogens is 349 g/mol. The third-order valence-electron chi connectivity index (χ3n) is 6.07. The molecule has 3 heteroatoms. The van der Waals surface area contributed by atoms with Gasteiger partial charge >= 0.3 is 0 Å². The lowest BCUT2D eigenvalue weighted by atomic mass is 9.75. The van der Waals surface area contributed by atoms with Crippen LogP contribution >= 0.6 is 0 Å². The first-order valence-electron chi connectivity index (χ1n) is 9.71. The average Bonchev–Trinajstić information content (AvgIpc) is 3.06. The first-order chi connectivity index (χ1) is 13.6. The number of ether oxygens (including phenoxy) is 1. The van der Waals surface area contributed by atoms with Crippen molar-refractivity contribution in [1.29, 1.82) is 0 Å². The number of rotatable bonds is 2. The number of H-pyrrole nitrogens is 1. The van der Waals surface area contributed by atoms with E-state index in [-0.39, 0.29) is 23.8 Å². The Balaban J connectivity index is 1.70. The van der Waals surface area contributed by atoms with E-state index >= 15 is 0 Å². The molecule has 1 aliphatic heterocycles. The van der Waals surface area contributed by atoms with Gasteiger partial charge in [-0.15, -0.1) is 0 Å². The third kappa shape index (κ3) is 2.62. The molecule has 2 heterocycles. The molecule has 28 heavy (non-hydrogen) atoms. The van der Waals surface area contributed by atoms with E-state index in [0.717, 1.165) is 22.5 Å². The first kappa shape index (κ1) is 17.1. The van der Waals surface area contributed by atoms with Gasteiger partial charge in [-0.25, -0.2) is 4.39 Å². The minimum absolute atomic E-state index is 0.0854. The maximum absolute atomic E-state index is 13.6. The molecule has 0 saturated heterocycles. The van der Waals surface area contributed by atoms with Crippen LogP contribution in [0.15, 0.2) is 72.8 Å². The molecule has 0 aliphatic carbocycles. The number of aryl methyl sites for hydroxylation is 1. The van der Waals surface area contributed by atoms with E-state index < -0.39 is 0 Å². The summed E-state index contributed by atoms with van der Waals surface area (Å²) in [6.45, 7) is 4.38. The van der Waals surface area contributed by atoms with Crippen LogP contribution in [-0.4, -0.2) is 4.98 Å². The number of fused-ring (bicyclic) bond motifs is 2. The molecule has 140 valence electrons. The number of aromatic nitrogens is 1. The van der Waals surface area contributed by atoms with Crippen molar-refractivity contribution in [3.63, 3.8) is 0 Å². The fourth-order valence-electron chi connectivity index (χ4n) is 4.60. The van der Waals surface area contributed by atoms with Gasteiger partial charge in [-0.2, -0.15) is 0 Å². The fourth-order valence-corrected chi connectivity index (χ4v) is 4.60. The summed E-state index contributed by atoms with van der Waals surface area (Å²) in [7, 11) is 0. The highest BCUT2D eigenvalue weighted by molar-refractivity contribution is 5.84. The predicted molar refractivity (Wildman–Crippen MR) is 110 cm³/mol. The molecule has 0 spiro atoms. The van der Waals surface area contributed by atoms with E-state index in [0.29, 0.717) is 0 Å². The lowest BCUT2D eigenvalue weighted by Crippen LogP contribution is -2.28. The van der Waals surface area contributed by atoms with Crippen molar-refractivity contribution in [1.82, 2.24) is 4.98 Å². The zero-order valence-corrected chi connectivity index (χ0v) is 15.9. The summed E-state index contributed by atoms with van der Waals surface area (Å²) in [5.41, 5.74) is 5.70. The summed E-state index contributed by atoms with van der Waals surface area (Å²) >= 11 is 0. The Morgan fingerprint density at radius 2 is 1.61 bits per heavy atom. The maximum Gasteiger partial charge on any atom is 0.146 e. The van der Waals surface area contributed by atoms with Gasteiger partial charge in [0.15, 0.2) is 0 Å². The van der Waals surface area contributed by atoms with Crippen molar-refractivity contribution >= 4 is 10.9 Å². The number of hydrogen-bond acceptors (Lipinski definition) is 1. The Labute approximate surface area is 164 Å². The minimum Gasteiger partial charge on any atom is -0.483 e. The smallest absolute Gasteiger partial charge is 0.146 e. The normalized spacial score (nSPS) is 21.3. The van der Waals surface area contributed by atoms with Gasteiger partial charge in [0, 0.05) is 16.8 Å². The molecule has 3 atom stereocenters. The van der Waals surface area contributed by atoms with E-state index in [1.807, 2.05) is 30.3 Å². The van der Waals surface area contributed by atoms with Gasteiger partial charge in [0.2, 0.25) is 0 Å². The van der Waals surface area contributed by atoms with E-state index in [1.54, 1.807) is 0 Å². The molecule has 1 aromatic heterocycles. The van der Waals surface area contributed by atoms with Crippen LogP contribution in [-0.2, 0) is 0 Å². The van der Waals surface area contributed by atoms with Crippen LogP contribution in [0.5, 0.6) is 5.75 Å². The number of aromatic amines is 1. The summed E-state index contributed by atoms with van der Waals surface area (Å²) in [4.78, 5) is 3.60. The number of benzene rings is 3. The monoisotopic (exact) mass is 371 g/mol. The molecule has 3 aromatic carbocycles. The number of hydrogen-bond donors (Lipinski definition) is 1. The van der Waals surface area contributed by atoms with Crippen LogP contribution in [0.25, 0.3) is 10.9 Å². The summed E-state index contributed by atoms with van der Waals surface area (Å²) in [5, 5.41) is 1.21. The Hall–Kier alpha value is -3.07. The zero-order chi connectivity index (χ0) is 19.3. The molecule has 0 amide bonds. The molecule has 0 bridgehead atoms. The van der Waals surface area contributed by atoms with E-state index in [4.69, 9.17) is 4.74 Å². The van der Waals surface area contributed by atoms with Crippen LogP contribution in [0.1, 0.15) is 47.2 Å². The predicted octanol–water partition coefficient (Wildman–Crippen LogP) is 6.64. The highest BCUT2D eigenvalue weighted by atomic mass is 19.1. The summed E-state index contributed by atoms with van der Waals surface area (Å²) in [6.07, 6.45) is -0.164. The molecule has 0 fully saturated rings. The second-order valence-corrected chi connectivity index (χ2v) is 7.65. The van der Waals surface area contributed by atoms with Crippen molar-refractivity contribution in [2.24, 2.45) is 0 Å². The van der Waals surface area contributed by atoms with Gasteiger partial charge in [-0.3, -0.25) is 0 Å². The molecule has 2 nitrogen and oxygen atoms in total. The van der Waals surface area contributed by atoms with E-state index in [9.17, 15) is 4.39 Å². The highest BCUT2D eigenvalue weighted by Crippen LogP contribution is 2.51. The SMILES string of the molecule is Cc1c([C@@H]2Oc3ccccc3[C@@H](C)[C@H]2c2ccc(F)cc2)[nH]c2ccccc12. The van der Waals surface area contributed by atoms with Gasteiger partial charge in [0.25, 0.3) is 0 Å². The van der Waals surface area contributed by atoms with Crippen molar-refractivity contribution < 1.29 is 9.13 Å². The molecule has 1 N–H and O–H groups in total. The van der Waals surface area contributed by atoms with Gasteiger partial charge < -0.3 is 9.72 Å². The number of halogens is 1. The van der Waals surface area contributed by atoms with Crippen LogP contribution in [0.4, 0.5) is 4.39 Å². The van der Waals surface area contributed by atoms with Gasteiger partial charge in [0.1, 0.15) is 17.7 Å². The van der Waals surface area contributed by atoms with Crippen LogP contribution in [0.2, 0.25) is 0 Å². The van der Waals surface area contributed by atoms with Gasteiger partial charge in [-0.05, 0) is 53.8 Å². The van der Waals surface area contributed by atoms with E-state index in [2.05, 4.69) is 49.2 Å². The van der Waals surface area contributed by atoms with Crippen LogP contribution < -0.4 is 4.74 Å². The Morgan fingerprint density at radius 1 is 0.893 bits per heavy atom. The Kier molecular flexibility index (Phi) is 3.97. The maximum atomic E-state index is 13.6. The van der Waals surface area contributed by atoms with Gasteiger partial charge in [0.05, 0.1) is 5.69 Å². The lowest BCUT2D eigenvalue weighted by Gasteiger charge is -2.38. The number of nitrogens with one attached hydrogen (secondary N) is 1. The Bertz CT molecular complexity index is 1140. The van der Waals surface area contributed by atoms with Crippen molar-refractivity contribution in [3.8, 4) is 5.75 Å². The third-order valence-corrected chi connectivity index (χ3v) is 6.07. The summed E-state index contributed by atoms with van der Waals surface area (Å²) in [6, 6.07) is 23.4. The topological polar surface area (TPSA) is 25.0 Å². The minimum atomic E-state index is -0.216. The fraction of sp³-hybridized carbons (Fsp3) is 0.200. The average molecular weight is 371 g/mol. The first-order valence-corrected chi connectivity index (χ1v) is 9.71.